The molecule has 0 radical (unpaired) electrons. The number of hydrogen-bond acceptors (Lipinski definition) is 1. The number of thioether (sulfide) groups is 1. The molecule has 4 saturated carbocycles. The van der Waals surface area contributed by atoms with Gasteiger partial charge in [0.15, 0.2) is 0 Å². The molecule has 1 heteroatoms. The van der Waals surface area contributed by atoms with Gasteiger partial charge in [0, 0.05) is 5.75 Å². The van der Waals surface area contributed by atoms with Crippen molar-refractivity contribution in [3.8, 4) is 0 Å². The molecule has 23 heavy (non-hydrogen) atoms. The quantitative estimate of drug-likeness (QED) is 0.407. The Kier molecular flexibility index (Phi) is 4.63. The summed E-state index contributed by atoms with van der Waals surface area (Å²) in [4.78, 5) is 0. The molecule has 0 nitrogen and oxygen atoms in total. The first-order valence-electron chi connectivity index (χ1n) is 10.4. The van der Waals surface area contributed by atoms with Crippen molar-refractivity contribution in [1.82, 2.24) is 0 Å². The van der Waals surface area contributed by atoms with Crippen molar-refractivity contribution in [2.75, 3.05) is 11.5 Å². The van der Waals surface area contributed by atoms with Gasteiger partial charge in [-0.1, -0.05) is 32.3 Å². The van der Waals surface area contributed by atoms with Crippen LogP contribution in [0.15, 0.2) is 12.7 Å². The Morgan fingerprint density at radius 3 is 2.74 bits per heavy atom. The number of hydrogen-bond donors (Lipinski definition) is 0. The molecule has 1 unspecified atom stereocenters. The molecule has 0 bridgehead atoms. The summed E-state index contributed by atoms with van der Waals surface area (Å²) in [7, 11) is 0. The minimum Gasteiger partial charge on any atom is -0.157 e. The fraction of sp³-hybridized carbons (Fsp3) is 0.909. The van der Waals surface area contributed by atoms with E-state index in [1.807, 2.05) is 0 Å². The zero-order valence-electron chi connectivity index (χ0n) is 15.2. The lowest BCUT2D eigenvalue weighted by Gasteiger charge is -2.61. The SMILES string of the molecule is C=CCSC[C@]12CCCCC1CC[C@H]1[C@@H]3CCC[C@@]3(C)CC[C@@H]12. The van der Waals surface area contributed by atoms with E-state index in [2.05, 4.69) is 31.3 Å². The first kappa shape index (κ1) is 16.6. The van der Waals surface area contributed by atoms with E-state index < -0.39 is 0 Å². The van der Waals surface area contributed by atoms with Crippen LogP contribution in [0.2, 0.25) is 0 Å². The van der Waals surface area contributed by atoms with Gasteiger partial charge in [0.05, 0.1) is 0 Å². The van der Waals surface area contributed by atoms with Crippen molar-refractivity contribution < 1.29 is 0 Å². The van der Waals surface area contributed by atoms with Crippen LogP contribution in [0.3, 0.4) is 0 Å². The van der Waals surface area contributed by atoms with Gasteiger partial charge in [-0.15, -0.1) is 6.58 Å². The Morgan fingerprint density at radius 1 is 0.957 bits per heavy atom. The topological polar surface area (TPSA) is 0 Å². The third-order valence-corrected chi connectivity index (χ3v) is 9.88. The van der Waals surface area contributed by atoms with Gasteiger partial charge in [0.2, 0.25) is 0 Å². The van der Waals surface area contributed by atoms with Gasteiger partial charge in [-0.3, -0.25) is 0 Å². The van der Waals surface area contributed by atoms with Crippen molar-refractivity contribution in [2.45, 2.75) is 77.6 Å². The molecule has 0 aromatic carbocycles. The van der Waals surface area contributed by atoms with Gasteiger partial charge in [0.1, 0.15) is 0 Å². The molecule has 0 spiro atoms. The second-order valence-corrected chi connectivity index (χ2v) is 10.5. The van der Waals surface area contributed by atoms with Crippen LogP contribution in [-0.2, 0) is 0 Å². The van der Waals surface area contributed by atoms with Crippen LogP contribution in [0.25, 0.3) is 0 Å². The smallest absolute Gasteiger partial charge is 0.0110 e. The van der Waals surface area contributed by atoms with E-state index in [0.717, 1.165) is 34.8 Å². The monoisotopic (exact) mass is 332 g/mol. The molecule has 0 amide bonds. The van der Waals surface area contributed by atoms with Gasteiger partial charge >= 0.3 is 0 Å². The molecule has 130 valence electrons. The standard InChI is InChI=1S/C22H36S/c1-3-15-23-16-22-13-5-4-7-17(22)9-10-18-19-8-6-12-21(19,2)14-11-20(18)22/h3,17-20H,1,4-16H2,2H3/t17?,18-,19-,20-,21-,22+/m0/s1. The second kappa shape index (κ2) is 6.43. The van der Waals surface area contributed by atoms with Crippen molar-refractivity contribution in [3.05, 3.63) is 12.7 Å². The summed E-state index contributed by atoms with van der Waals surface area (Å²) in [5.41, 5.74) is 1.43. The molecule has 4 rings (SSSR count). The van der Waals surface area contributed by atoms with Crippen LogP contribution in [0, 0.1) is 34.5 Å². The van der Waals surface area contributed by atoms with Crippen LogP contribution in [0.4, 0.5) is 0 Å². The summed E-state index contributed by atoms with van der Waals surface area (Å²) >= 11 is 2.20. The van der Waals surface area contributed by atoms with Crippen molar-refractivity contribution in [1.29, 1.82) is 0 Å². The van der Waals surface area contributed by atoms with Crippen LogP contribution in [0.5, 0.6) is 0 Å². The lowest BCUT2D eigenvalue weighted by molar-refractivity contribution is -0.100. The zero-order chi connectivity index (χ0) is 15.9. The highest BCUT2D eigenvalue weighted by Gasteiger charge is 2.58. The molecule has 4 aliphatic carbocycles. The van der Waals surface area contributed by atoms with E-state index in [4.69, 9.17) is 0 Å². The maximum atomic E-state index is 3.96. The number of fused-ring (bicyclic) bond motifs is 5. The molecular weight excluding hydrogens is 296 g/mol. The molecule has 4 fully saturated rings. The summed E-state index contributed by atoms with van der Waals surface area (Å²) in [6.07, 6.45) is 19.1. The number of rotatable bonds is 4. The highest BCUT2D eigenvalue weighted by Crippen LogP contribution is 2.66. The first-order valence-corrected chi connectivity index (χ1v) is 11.5. The van der Waals surface area contributed by atoms with Crippen LogP contribution in [0.1, 0.15) is 77.6 Å². The summed E-state index contributed by atoms with van der Waals surface area (Å²) in [5.74, 6) is 6.87. The van der Waals surface area contributed by atoms with Gasteiger partial charge in [-0.05, 0) is 91.6 Å². The summed E-state index contributed by atoms with van der Waals surface area (Å²) < 4.78 is 0. The van der Waals surface area contributed by atoms with E-state index >= 15 is 0 Å². The largest absolute Gasteiger partial charge is 0.157 e. The third kappa shape index (κ3) is 2.64. The third-order valence-electron chi connectivity index (χ3n) is 8.67. The van der Waals surface area contributed by atoms with E-state index in [-0.39, 0.29) is 0 Å². The fourth-order valence-electron chi connectivity index (χ4n) is 7.68. The van der Waals surface area contributed by atoms with E-state index in [9.17, 15) is 0 Å². The maximum Gasteiger partial charge on any atom is 0.0110 e. The van der Waals surface area contributed by atoms with Gasteiger partial charge in [-0.2, -0.15) is 11.8 Å². The average Bonchev–Trinajstić information content (AvgIpc) is 2.96. The Hall–Kier alpha value is 0.0900. The van der Waals surface area contributed by atoms with Crippen molar-refractivity contribution >= 4 is 11.8 Å². The van der Waals surface area contributed by atoms with Gasteiger partial charge in [0.25, 0.3) is 0 Å². The Labute approximate surface area is 148 Å². The molecule has 0 aliphatic heterocycles. The molecule has 0 aromatic rings. The minimum atomic E-state index is 0.707. The molecule has 0 aromatic heterocycles. The summed E-state index contributed by atoms with van der Waals surface area (Å²) in [6, 6.07) is 0. The van der Waals surface area contributed by atoms with Crippen molar-refractivity contribution in [3.63, 3.8) is 0 Å². The predicted molar refractivity (Wildman–Crippen MR) is 103 cm³/mol. The molecular formula is C22H36S. The lowest BCUT2D eigenvalue weighted by atomic mass is 9.45. The van der Waals surface area contributed by atoms with E-state index in [0.29, 0.717) is 5.41 Å². The van der Waals surface area contributed by atoms with E-state index in [1.54, 1.807) is 44.9 Å². The van der Waals surface area contributed by atoms with Crippen molar-refractivity contribution in [2.24, 2.45) is 34.5 Å². The fourth-order valence-corrected chi connectivity index (χ4v) is 8.93. The van der Waals surface area contributed by atoms with Crippen LogP contribution < -0.4 is 0 Å². The average molecular weight is 333 g/mol. The van der Waals surface area contributed by atoms with E-state index in [1.165, 1.54) is 31.4 Å². The highest BCUT2D eigenvalue weighted by atomic mass is 32.2. The van der Waals surface area contributed by atoms with Crippen LogP contribution >= 0.6 is 11.8 Å². The predicted octanol–water partition coefficient (Wildman–Crippen LogP) is 6.71. The normalized spacial score (nSPS) is 49.1. The molecule has 0 heterocycles. The van der Waals surface area contributed by atoms with Gasteiger partial charge < -0.3 is 0 Å². The highest BCUT2D eigenvalue weighted by molar-refractivity contribution is 7.99. The molecule has 0 N–H and O–H groups in total. The van der Waals surface area contributed by atoms with Gasteiger partial charge in [-0.25, -0.2) is 0 Å². The Balaban J connectivity index is 1.61. The first-order chi connectivity index (χ1) is 11.2. The molecule has 0 saturated heterocycles. The Morgan fingerprint density at radius 2 is 1.87 bits per heavy atom. The minimum absolute atomic E-state index is 0.707. The molecule has 4 aliphatic rings. The Bertz CT molecular complexity index is 443. The molecule has 6 atom stereocenters. The lowest BCUT2D eigenvalue weighted by Crippen LogP contribution is -2.54. The summed E-state index contributed by atoms with van der Waals surface area (Å²) in [6.45, 7) is 6.60. The second-order valence-electron chi connectivity index (χ2n) is 9.52. The summed E-state index contributed by atoms with van der Waals surface area (Å²) in [5, 5.41) is 0. The maximum absolute atomic E-state index is 3.96. The zero-order valence-corrected chi connectivity index (χ0v) is 16.0. The van der Waals surface area contributed by atoms with Crippen LogP contribution in [-0.4, -0.2) is 11.5 Å².